The molecule has 0 aliphatic carbocycles. The molecule has 0 bridgehead atoms. The maximum atomic E-state index is 12.5. The largest absolute Gasteiger partial charge is 0.464 e. The maximum Gasteiger partial charge on any atom is 0.318 e. The molecule has 1 saturated heterocycles. The first-order valence-electron chi connectivity index (χ1n) is 7.61. The monoisotopic (exact) mass is 303 g/mol. The number of amides is 2. The van der Waals surface area contributed by atoms with Crippen LogP contribution in [0.2, 0.25) is 0 Å². The predicted molar refractivity (Wildman–Crippen MR) is 80.3 cm³/mol. The minimum absolute atomic E-state index is 0.0354. The van der Waals surface area contributed by atoms with Gasteiger partial charge in [0.15, 0.2) is 5.76 Å². The van der Waals surface area contributed by atoms with E-state index in [0.717, 1.165) is 42.4 Å². The lowest BCUT2D eigenvalue weighted by molar-refractivity contribution is 0.178. The van der Waals surface area contributed by atoms with Crippen LogP contribution < -0.4 is 5.32 Å². The Balaban J connectivity index is 1.68. The Labute approximate surface area is 129 Å². The van der Waals surface area contributed by atoms with E-state index < -0.39 is 0 Å². The second-order valence-corrected chi connectivity index (χ2v) is 5.84. The van der Waals surface area contributed by atoms with Gasteiger partial charge in [-0.15, -0.1) is 0 Å². The molecule has 0 unspecified atom stereocenters. The Bertz CT molecular complexity index is 661. The first-order valence-corrected chi connectivity index (χ1v) is 7.61. The van der Waals surface area contributed by atoms with Gasteiger partial charge in [0.05, 0.1) is 17.8 Å². The van der Waals surface area contributed by atoms with Crippen molar-refractivity contribution < 1.29 is 13.7 Å². The van der Waals surface area contributed by atoms with Crippen LogP contribution in [0.5, 0.6) is 0 Å². The molecule has 3 rings (SSSR count). The number of carbonyl (C=O) groups excluding carboxylic acids is 1. The first-order chi connectivity index (χ1) is 10.5. The molecule has 1 aliphatic rings. The minimum atomic E-state index is -0.168. The van der Waals surface area contributed by atoms with E-state index in [1.807, 2.05) is 43.9 Å². The number of carbonyl (C=O) groups is 1. The van der Waals surface area contributed by atoms with Crippen molar-refractivity contribution in [2.75, 3.05) is 6.54 Å². The highest BCUT2D eigenvalue weighted by molar-refractivity contribution is 5.75. The van der Waals surface area contributed by atoms with Crippen molar-refractivity contribution in [1.82, 2.24) is 15.4 Å². The minimum Gasteiger partial charge on any atom is -0.464 e. The number of nitrogens with zero attached hydrogens (tertiary/aromatic N) is 2. The van der Waals surface area contributed by atoms with Crippen LogP contribution in [0, 0.1) is 13.8 Å². The molecule has 2 amide bonds. The Morgan fingerprint density at radius 3 is 2.91 bits per heavy atom. The van der Waals surface area contributed by atoms with Gasteiger partial charge < -0.3 is 19.2 Å². The van der Waals surface area contributed by atoms with E-state index in [-0.39, 0.29) is 18.1 Å². The Morgan fingerprint density at radius 1 is 1.45 bits per heavy atom. The van der Waals surface area contributed by atoms with E-state index in [1.54, 1.807) is 0 Å². The summed E-state index contributed by atoms with van der Waals surface area (Å²) in [4.78, 5) is 14.3. The lowest BCUT2D eigenvalue weighted by Gasteiger charge is -2.24. The van der Waals surface area contributed by atoms with Crippen LogP contribution in [0.4, 0.5) is 4.79 Å². The van der Waals surface area contributed by atoms with Gasteiger partial charge in [-0.1, -0.05) is 5.16 Å². The van der Waals surface area contributed by atoms with Crippen molar-refractivity contribution in [3.8, 4) is 0 Å². The van der Waals surface area contributed by atoms with Crippen LogP contribution in [0.15, 0.2) is 27.1 Å². The van der Waals surface area contributed by atoms with Crippen molar-refractivity contribution in [1.29, 1.82) is 0 Å². The van der Waals surface area contributed by atoms with Gasteiger partial charge in [-0.3, -0.25) is 0 Å². The molecule has 1 fully saturated rings. The van der Waals surface area contributed by atoms with E-state index in [9.17, 15) is 4.79 Å². The third-order valence-corrected chi connectivity index (χ3v) is 4.02. The average Bonchev–Trinajstić information content (AvgIpc) is 3.17. The number of aryl methyl sites for hydroxylation is 2. The van der Waals surface area contributed by atoms with Gasteiger partial charge in [0.2, 0.25) is 0 Å². The summed E-state index contributed by atoms with van der Waals surface area (Å²) in [6.45, 7) is 6.41. The highest BCUT2D eigenvalue weighted by atomic mass is 16.5. The molecule has 6 nitrogen and oxygen atoms in total. The Morgan fingerprint density at radius 2 is 2.27 bits per heavy atom. The zero-order valence-corrected chi connectivity index (χ0v) is 13.1. The van der Waals surface area contributed by atoms with Gasteiger partial charge >= 0.3 is 6.03 Å². The molecule has 118 valence electrons. The summed E-state index contributed by atoms with van der Waals surface area (Å²) < 4.78 is 10.9. The van der Waals surface area contributed by atoms with Gasteiger partial charge in [0, 0.05) is 12.6 Å². The Kier molecular flexibility index (Phi) is 3.92. The normalized spacial score (nSPS) is 19.4. The molecule has 1 aliphatic heterocycles. The highest BCUT2D eigenvalue weighted by Gasteiger charge is 2.33. The van der Waals surface area contributed by atoms with Gasteiger partial charge in [0.1, 0.15) is 11.5 Å². The third kappa shape index (κ3) is 2.86. The fraction of sp³-hybridized carbons (Fsp3) is 0.500. The number of rotatable bonds is 3. The van der Waals surface area contributed by atoms with Gasteiger partial charge in [-0.2, -0.15) is 0 Å². The maximum absolute atomic E-state index is 12.5. The summed E-state index contributed by atoms with van der Waals surface area (Å²) in [6, 6.07) is 5.38. The summed E-state index contributed by atoms with van der Waals surface area (Å²) in [7, 11) is 0. The van der Waals surface area contributed by atoms with E-state index >= 15 is 0 Å². The lowest BCUT2D eigenvalue weighted by atomic mass is 10.1. The number of likely N-dealkylation sites (tertiary alicyclic amines) is 1. The average molecular weight is 303 g/mol. The molecule has 6 heteroatoms. The molecular weight excluding hydrogens is 282 g/mol. The summed E-state index contributed by atoms with van der Waals surface area (Å²) >= 11 is 0. The second kappa shape index (κ2) is 5.87. The van der Waals surface area contributed by atoms with Crippen LogP contribution in [0.1, 0.15) is 54.8 Å². The fourth-order valence-electron chi connectivity index (χ4n) is 2.87. The van der Waals surface area contributed by atoms with Gasteiger partial charge in [-0.05, 0) is 45.7 Å². The number of nitrogens with one attached hydrogen (secondary N) is 1. The zero-order chi connectivity index (χ0) is 15.7. The molecule has 0 aromatic carbocycles. The molecular formula is C16H21N3O3. The van der Waals surface area contributed by atoms with Crippen LogP contribution >= 0.6 is 0 Å². The summed E-state index contributed by atoms with van der Waals surface area (Å²) in [5.74, 6) is 2.36. The third-order valence-electron chi connectivity index (χ3n) is 4.02. The number of furan rings is 1. The van der Waals surface area contributed by atoms with E-state index in [4.69, 9.17) is 8.94 Å². The van der Waals surface area contributed by atoms with Crippen LogP contribution in [-0.2, 0) is 0 Å². The molecule has 0 saturated carbocycles. The fourth-order valence-corrected chi connectivity index (χ4v) is 2.87. The number of urea groups is 1. The SMILES string of the molecule is Cc1cc([C@H]2CCCN2C(=O)N[C@H](C)c2ccc(C)o2)on1. The molecule has 2 aromatic heterocycles. The van der Waals surface area contributed by atoms with Gasteiger partial charge in [-0.25, -0.2) is 4.79 Å². The molecule has 2 atom stereocenters. The molecule has 0 radical (unpaired) electrons. The molecule has 0 spiro atoms. The van der Waals surface area contributed by atoms with Crippen LogP contribution in [-0.4, -0.2) is 22.6 Å². The van der Waals surface area contributed by atoms with Crippen molar-refractivity contribution in [2.24, 2.45) is 0 Å². The second-order valence-electron chi connectivity index (χ2n) is 5.84. The molecule has 2 aromatic rings. The first kappa shape index (κ1) is 14.7. The molecule has 3 heterocycles. The predicted octanol–water partition coefficient (Wildman–Crippen LogP) is 3.49. The van der Waals surface area contributed by atoms with E-state index in [1.165, 1.54) is 0 Å². The highest BCUT2D eigenvalue weighted by Crippen LogP contribution is 2.32. The van der Waals surface area contributed by atoms with Crippen molar-refractivity contribution in [3.63, 3.8) is 0 Å². The summed E-state index contributed by atoms with van der Waals surface area (Å²) in [6.07, 6.45) is 1.86. The van der Waals surface area contributed by atoms with E-state index in [0.29, 0.717) is 0 Å². The molecule has 22 heavy (non-hydrogen) atoms. The van der Waals surface area contributed by atoms with Crippen molar-refractivity contribution in [3.05, 3.63) is 41.2 Å². The van der Waals surface area contributed by atoms with Crippen LogP contribution in [0.25, 0.3) is 0 Å². The number of hydrogen-bond donors (Lipinski definition) is 1. The van der Waals surface area contributed by atoms with E-state index in [2.05, 4.69) is 10.5 Å². The number of aromatic nitrogens is 1. The molecule has 1 N–H and O–H groups in total. The van der Waals surface area contributed by atoms with Crippen LogP contribution in [0.3, 0.4) is 0 Å². The zero-order valence-electron chi connectivity index (χ0n) is 13.1. The quantitative estimate of drug-likeness (QED) is 0.942. The summed E-state index contributed by atoms with van der Waals surface area (Å²) in [5, 5.41) is 6.91. The lowest BCUT2D eigenvalue weighted by Crippen LogP contribution is -2.40. The van der Waals surface area contributed by atoms with Crippen molar-refractivity contribution >= 4 is 6.03 Å². The number of hydrogen-bond acceptors (Lipinski definition) is 4. The van der Waals surface area contributed by atoms with Gasteiger partial charge in [0.25, 0.3) is 0 Å². The topological polar surface area (TPSA) is 71.5 Å². The summed E-state index contributed by atoms with van der Waals surface area (Å²) in [5.41, 5.74) is 0.835. The standard InChI is InChI=1S/C16H21N3O3/c1-10-9-15(22-18-10)13-5-4-8-19(13)16(20)17-12(3)14-7-6-11(2)21-14/h6-7,9,12-13H,4-5,8H2,1-3H3,(H,17,20)/t12-,13-/m1/s1. The van der Waals surface area contributed by atoms with Crippen molar-refractivity contribution in [2.45, 2.75) is 45.7 Å². The Hall–Kier alpha value is -2.24. The smallest absolute Gasteiger partial charge is 0.318 e.